The van der Waals surface area contributed by atoms with E-state index < -0.39 is 6.09 Å². The molecule has 0 aliphatic carbocycles. The molecule has 3 heterocycles. The number of aromatic nitrogens is 4. The lowest BCUT2D eigenvalue weighted by Crippen LogP contribution is -2.35. The molecule has 9 nitrogen and oxygen atoms in total. The van der Waals surface area contributed by atoms with Crippen molar-refractivity contribution in [1.29, 1.82) is 0 Å². The number of aryl methyl sites for hydroxylation is 1. The lowest BCUT2D eigenvalue weighted by Gasteiger charge is -2.20. The van der Waals surface area contributed by atoms with E-state index in [1.54, 1.807) is 6.92 Å². The van der Waals surface area contributed by atoms with Crippen molar-refractivity contribution >= 4 is 28.9 Å². The third-order valence-electron chi connectivity index (χ3n) is 4.98. The maximum atomic E-state index is 12.5. The van der Waals surface area contributed by atoms with Gasteiger partial charge in [0.1, 0.15) is 12.4 Å². The van der Waals surface area contributed by atoms with Gasteiger partial charge in [-0.1, -0.05) is 25.1 Å². The van der Waals surface area contributed by atoms with Crippen LogP contribution in [0.4, 0.5) is 16.7 Å². The summed E-state index contributed by atoms with van der Waals surface area (Å²) in [6.45, 7) is 5.87. The van der Waals surface area contributed by atoms with E-state index in [-0.39, 0.29) is 23.6 Å². The summed E-state index contributed by atoms with van der Waals surface area (Å²) in [6.07, 6.45) is 0.259. The molecule has 2 atom stereocenters. The Balaban J connectivity index is 1.64. The molecule has 2 N–H and O–H groups in total. The van der Waals surface area contributed by atoms with Gasteiger partial charge in [-0.2, -0.15) is 15.0 Å². The first-order chi connectivity index (χ1) is 14.0. The molecule has 0 saturated carbocycles. The zero-order valence-corrected chi connectivity index (χ0v) is 16.5. The number of amides is 1. The number of nitrogens with one attached hydrogen (secondary N) is 2. The van der Waals surface area contributed by atoms with Gasteiger partial charge in [0.15, 0.2) is 0 Å². The average Bonchev–Trinajstić information content (AvgIpc) is 3.07. The molecular formula is C20H22N6O3. The highest BCUT2D eigenvalue weighted by atomic mass is 16.6. The lowest BCUT2D eigenvalue weighted by molar-refractivity contribution is 0.178. The number of fused-ring (bicyclic) bond motifs is 1. The van der Waals surface area contributed by atoms with Crippen LogP contribution in [0.2, 0.25) is 0 Å². The summed E-state index contributed by atoms with van der Waals surface area (Å²) in [6, 6.07) is 8.98. The van der Waals surface area contributed by atoms with E-state index in [4.69, 9.17) is 4.74 Å². The SMILES string of the molecule is CCC1COC(=O)N1c1nc(C)nc(N[C@@H](C)c2cc3ccccc3[nH]c2=O)n1. The van der Waals surface area contributed by atoms with Gasteiger partial charge in [0.2, 0.25) is 11.9 Å². The number of carbonyl (C=O) groups excluding carboxylic acids is 1. The fourth-order valence-electron chi connectivity index (χ4n) is 3.40. The number of anilines is 2. The standard InChI is InChI=1S/C20H22N6O3/c1-4-14-10-29-20(28)26(14)19-23-12(3)22-18(25-19)21-11(2)15-9-13-7-5-6-8-16(13)24-17(15)27/h5-9,11,14H,4,10H2,1-3H3,(H,24,27)(H,21,22,23,25)/t11-,14?/m0/s1. The van der Waals surface area contributed by atoms with Crippen molar-refractivity contribution in [2.45, 2.75) is 39.3 Å². The number of ether oxygens (including phenoxy) is 1. The first-order valence-electron chi connectivity index (χ1n) is 9.53. The van der Waals surface area contributed by atoms with Crippen LogP contribution in [0.25, 0.3) is 10.9 Å². The number of benzene rings is 1. The van der Waals surface area contributed by atoms with Crippen LogP contribution in [0, 0.1) is 6.92 Å². The summed E-state index contributed by atoms with van der Waals surface area (Å²) in [5, 5.41) is 4.09. The van der Waals surface area contributed by atoms with E-state index in [1.807, 2.05) is 44.2 Å². The van der Waals surface area contributed by atoms with Crippen molar-refractivity contribution in [2.75, 3.05) is 16.8 Å². The van der Waals surface area contributed by atoms with Gasteiger partial charge >= 0.3 is 6.09 Å². The molecule has 150 valence electrons. The van der Waals surface area contributed by atoms with Crippen LogP contribution < -0.4 is 15.8 Å². The van der Waals surface area contributed by atoms with Gasteiger partial charge in [0, 0.05) is 11.1 Å². The van der Waals surface area contributed by atoms with Crippen molar-refractivity contribution in [3.8, 4) is 0 Å². The first-order valence-corrected chi connectivity index (χ1v) is 9.53. The molecule has 4 rings (SSSR count). The van der Waals surface area contributed by atoms with Crippen LogP contribution in [0.5, 0.6) is 0 Å². The van der Waals surface area contributed by atoms with E-state index in [2.05, 4.69) is 25.3 Å². The molecule has 0 spiro atoms. The summed E-state index contributed by atoms with van der Waals surface area (Å²) in [5.41, 5.74) is 1.17. The maximum Gasteiger partial charge on any atom is 0.417 e. The summed E-state index contributed by atoms with van der Waals surface area (Å²) in [5.74, 6) is 1.00. The zero-order chi connectivity index (χ0) is 20.5. The number of hydrogen-bond acceptors (Lipinski definition) is 7. The van der Waals surface area contributed by atoms with Crippen LogP contribution in [0.15, 0.2) is 35.1 Å². The Morgan fingerprint density at radius 3 is 2.86 bits per heavy atom. The Kier molecular flexibility index (Phi) is 4.87. The highest BCUT2D eigenvalue weighted by molar-refractivity contribution is 5.88. The molecule has 0 bridgehead atoms. The number of carbonyl (C=O) groups is 1. The van der Waals surface area contributed by atoms with Crippen LogP contribution >= 0.6 is 0 Å². The van der Waals surface area contributed by atoms with Crippen molar-refractivity contribution in [2.24, 2.45) is 0 Å². The summed E-state index contributed by atoms with van der Waals surface area (Å²) < 4.78 is 5.13. The Hall–Kier alpha value is -3.49. The number of H-pyrrole nitrogens is 1. The first kappa shape index (κ1) is 18.9. The topological polar surface area (TPSA) is 113 Å². The smallest absolute Gasteiger partial charge is 0.417 e. The lowest BCUT2D eigenvalue weighted by atomic mass is 10.1. The van der Waals surface area contributed by atoms with Crippen LogP contribution in [0.1, 0.15) is 37.7 Å². The van der Waals surface area contributed by atoms with Gasteiger partial charge in [-0.05, 0) is 37.8 Å². The van der Waals surface area contributed by atoms with E-state index in [1.165, 1.54) is 4.90 Å². The van der Waals surface area contributed by atoms with Gasteiger partial charge in [-0.25, -0.2) is 9.69 Å². The zero-order valence-electron chi connectivity index (χ0n) is 16.5. The Morgan fingerprint density at radius 2 is 2.07 bits per heavy atom. The quantitative estimate of drug-likeness (QED) is 0.684. The molecule has 1 unspecified atom stereocenters. The molecular weight excluding hydrogens is 372 g/mol. The number of para-hydroxylation sites is 1. The maximum absolute atomic E-state index is 12.5. The van der Waals surface area contributed by atoms with Gasteiger partial charge in [0.25, 0.3) is 5.56 Å². The fourth-order valence-corrected chi connectivity index (χ4v) is 3.40. The molecule has 1 fully saturated rings. The Bertz CT molecular complexity index is 1130. The molecule has 2 aromatic heterocycles. The molecule has 1 saturated heterocycles. The summed E-state index contributed by atoms with van der Waals surface area (Å²) >= 11 is 0. The minimum Gasteiger partial charge on any atom is -0.447 e. The van der Waals surface area contributed by atoms with Gasteiger partial charge < -0.3 is 15.0 Å². The minimum atomic E-state index is -0.465. The minimum absolute atomic E-state index is 0.113. The molecule has 1 aliphatic rings. The van der Waals surface area contributed by atoms with Crippen LogP contribution in [0.3, 0.4) is 0 Å². The molecule has 3 aromatic rings. The van der Waals surface area contributed by atoms with Crippen LogP contribution in [-0.4, -0.2) is 38.7 Å². The summed E-state index contributed by atoms with van der Waals surface area (Å²) in [7, 11) is 0. The Morgan fingerprint density at radius 1 is 1.28 bits per heavy atom. The monoisotopic (exact) mass is 394 g/mol. The number of pyridine rings is 1. The normalized spacial score (nSPS) is 17.4. The Labute approximate surface area is 167 Å². The van der Waals surface area contributed by atoms with E-state index in [0.717, 1.165) is 17.3 Å². The molecule has 29 heavy (non-hydrogen) atoms. The predicted octanol–water partition coefficient (Wildman–Crippen LogP) is 2.93. The van der Waals surface area contributed by atoms with Crippen LogP contribution in [-0.2, 0) is 4.74 Å². The van der Waals surface area contributed by atoms with Crippen molar-refractivity contribution < 1.29 is 9.53 Å². The number of nitrogens with zero attached hydrogens (tertiary/aromatic N) is 4. The van der Waals surface area contributed by atoms with Gasteiger partial charge in [0.05, 0.1) is 12.1 Å². The van der Waals surface area contributed by atoms with E-state index in [0.29, 0.717) is 23.9 Å². The number of hydrogen-bond donors (Lipinski definition) is 2. The largest absolute Gasteiger partial charge is 0.447 e. The number of rotatable bonds is 5. The highest BCUT2D eigenvalue weighted by Crippen LogP contribution is 2.23. The van der Waals surface area contributed by atoms with Crippen molar-refractivity contribution in [3.05, 3.63) is 52.1 Å². The third kappa shape index (κ3) is 3.63. The fraction of sp³-hybridized carbons (Fsp3) is 0.350. The van der Waals surface area contributed by atoms with Gasteiger partial charge in [-0.3, -0.25) is 4.79 Å². The van der Waals surface area contributed by atoms with Crippen molar-refractivity contribution in [1.82, 2.24) is 19.9 Å². The van der Waals surface area contributed by atoms with E-state index >= 15 is 0 Å². The second-order valence-electron chi connectivity index (χ2n) is 7.02. The van der Waals surface area contributed by atoms with Crippen molar-refractivity contribution in [3.63, 3.8) is 0 Å². The van der Waals surface area contributed by atoms with Gasteiger partial charge in [-0.15, -0.1) is 0 Å². The predicted molar refractivity (Wildman–Crippen MR) is 109 cm³/mol. The molecule has 1 aliphatic heterocycles. The second-order valence-corrected chi connectivity index (χ2v) is 7.02. The molecule has 1 aromatic carbocycles. The number of aromatic amines is 1. The second kappa shape index (κ2) is 7.50. The van der Waals surface area contributed by atoms with E-state index in [9.17, 15) is 9.59 Å². The molecule has 9 heteroatoms. The highest BCUT2D eigenvalue weighted by Gasteiger charge is 2.35. The third-order valence-corrected chi connectivity index (χ3v) is 4.98. The average molecular weight is 394 g/mol. The molecule has 1 amide bonds. The number of cyclic esters (lactones) is 1. The molecule has 0 radical (unpaired) electrons. The summed E-state index contributed by atoms with van der Waals surface area (Å²) in [4.78, 5) is 42.0.